The first-order valence-corrected chi connectivity index (χ1v) is 19.8. The third-order valence-electron chi connectivity index (χ3n) is 11.8. The van der Waals surface area contributed by atoms with Crippen LogP contribution in [0.2, 0.25) is 5.02 Å². The van der Waals surface area contributed by atoms with Gasteiger partial charge in [-0.1, -0.05) is 39.3 Å². The van der Waals surface area contributed by atoms with E-state index in [2.05, 4.69) is 54.2 Å². The number of carbonyl (C=O) groups excluding carboxylic acids is 5. The number of piperazine rings is 1. The van der Waals surface area contributed by atoms with Crippen LogP contribution in [-0.2, 0) is 9.59 Å². The average molecular weight is 795 g/mol. The van der Waals surface area contributed by atoms with E-state index in [0.29, 0.717) is 34.3 Å². The molecule has 0 bridgehead atoms. The van der Waals surface area contributed by atoms with E-state index in [1.165, 1.54) is 0 Å². The maximum Gasteiger partial charge on any atom is 0.262 e. The molecule has 298 valence electrons. The van der Waals surface area contributed by atoms with Gasteiger partial charge in [-0.3, -0.25) is 39.1 Å². The molecule has 3 aliphatic heterocycles. The average Bonchev–Trinajstić information content (AvgIpc) is 3.43. The van der Waals surface area contributed by atoms with Crippen LogP contribution in [0.3, 0.4) is 0 Å². The summed E-state index contributed by atoms with van der Waals surface area (Å²) in [6, 6.07) is 18.5. The Morgan fingerprint density at radius 3 is 2.25 bits per heavy atom. The fourth-order valence-electron chi connectivity index (χ4n) is 9.03. The van der Waals surface area contributed by atoms with Crippen molar-refractivity contribution in [2.75, 3.05) is 44.2 Å². The first-order valence-electron chi connectivity index (χ1n) is 19.4. The molecule has 0 radical (unpaired) electrons. The number of hydrogen-bond donors (Lipinski definition) is 2. The first-order chi connectivity index (χ1) is 27.2. The van der Waals surface area contributed by atoms with E-state index in [1.807, 2.05) is 24.3 Å². The molecule has 57 heavy (non-hydrogen) atoms. The number of rotatable bonds is 12. The number of nitrogens with one attached hydrogen (secondary N) is 2. The minimum Gasteiger partial charge on any atom is -0.494 e. The zero-order chi connectivity index (χ0) is 40.6. The number of fused-ring (bicyclic) bond motifs is 1. The Balaban J connectivity index is 0.826. The number of carbonyl (C=O) groups is 5. The molecule has 0 aromatic heterocycles. The van der Waals surface area contributed by atoms with Crippen molar-refractivity contribution >= 4 is 46.8 Å². The van der Waals surface area contributed by atoms with E-state index >= 15 is 0 Å². The summed E-state index contributed by atoms with van der Waals surface area (Å²) >= 11 is 6.24. The van der Waals surface area contributed by atoms with Crippen LogP contribution in [0, 0.1) is 22.2 Å². The standard InChI is InChI=1S/C43H47ClN6O7/c1-42(2)40(43(3,4)41(42)57-30-12-9-27(25-45)33(44)24-30)47-36(52)26-7-10-28(11-8-26)49-20-18-48(19-21-49)17-5-6-22-56-29-13-14-31-32(23-29)39(55)50(38(31)54)34-15-16-35(51)46-37(34)53/h7-14,23-24,34,40-41H,5-6,15-22H2,1-4H3,(H,47,52)(H,46,51,53). The highest BCUT2D eigenvalue weighted by atomic mass is 35.5. The molecule has 5 amide bonds. The number of halogens is 1. The molecular formula is C43H47ClN6O7. The van der Waals surface area contributed by atoms with Crippen molar-refractivity contribution < 1.29 is 33.4 Å². The quantitative estimate of drug-likeness (QED) is 0.184. The molecule has 1 atom stereocenters. The smallest absolute Gasteiger partial charge is 0.262 e. The van der Waals surface area contributed by atoms with Crippen molar-refractivity contribution in [3.63, 3.8) is 0 Å². The normalized spacial score (nSPS) is 22.6. The van der Waals surface area contributed by atoms with Gasteiger partial charge >= 0.3 is 0 Å². The lowest BCUT2D eigenvalue weighted by atomic mass is 9.49. The summed E-state index contributed by atoms with van der Waals surface area (Å²) in [5, 5.41) is 15.0. The van der Waals surface area contributed by atoms with E-state index < -0.39 is 29.7 Å². The lowest BCUT2D eigenvalue weighted by Crippen LogP contribution is -2.74. The van der Waals surface area contributed by atoms with Crippen LogP contribution < -0.4 is 25.0 Å². The number of anilines is 1. The van der Waals surface area contributed by atoms with Crippen molar-refractivity contribution in [2.24, 2.45) is 10.8 Å². The van der Waals surface area contributed by atoms with Crippen LogP contribution in [-0.4, -0.2) is 96.9 Å². The molecule has 1 saturated carbocycles. The second-order valence-electron chi connectivity index (χ2n) is 16.4. The van der Waals surface area contributed by atoms with Gasteiger partial charge in [-0.15, -0.1) is 0 Å². The maximum absolute atomic E-state index is 13.4. The van der Waals surface area contributed by atoms with Gasteiger partial charge in [0, 0.05) is 66.8 Å². The van der Waals surface area contributed by atoms with Crippen molar-refractivity contribution in [1.29, 1.82) is 5.26 Å². The molecule has 1 aliphatic carbocycles. The van der Waals surface area contributed by atoms with Gasteiger partial charge in [0.25, 0.3) is 17.7 Å². The summed E-state index contributed by atoms with van der Waals surface area (Å²) < 4.78 is 12.3. The number of imide groups is 2. The summed E-state index contributed by atoms with van der Waals surface area (Å²) in [6.07, 6.45) is 1.74. The van der Waals surface area contributed by atoms with Crippen LogP contribution in [0.15, 0.2) is 60.7 Å². The Bertz CT molecular complexity index is 2120. The minimum atomic E-state index is -1.00. The maximum atomic E-state index is 13.4. The number of unbranched alkanes of at least 4 members (excludes halogenated alkanes) is 1. The fourth-order valence-corrected chi connectivity index (χ4v) is 9.24. The lowest BCUT2D eigenvalue weighted by Gasteiger charge is -2.63. The van der Waals surface area contributed by atoms with Gasteiger partial charge in [0.1, 0.15) is 29.7 Å². The molecule has 0 spiro atoms. The number of hydrogen-bond acceptors (Lipinski definition) is 10. The Labute approximate surface area is 337 Å². The summed E-state index contributed by atoms with van der Waals surface area (Å²) in [5.74, 6) is -1.19. The van der Waals surface area contributed by atoms with E-state index in [9.17, 15) is 29.2 Å². The number of piperidine rings is 1. The van der Waals surface area contributed by atoms with Gasteiger partial charge in [-0.2, -0.15) is 5.26 Å². The second kappa shape index (κ2) is 15.8. The van der Waals surface area contributed by atoms with Crippen LogP contribution >= 0.6 is 11.6 Å². The third-order valence-corrected chi connectivity index (χ3v) is 12.2. The van der Waals surface area contributed by atoms with Gasteiger partial charge in [0.05, 0.1) is 28.3 Å². The van der Waals surface area contributed by atoms with Crippen molar-refractivity contribution in [2.45, 2.75) is 71.6 Å². The lowest BCUT2D eigenvalue weighted by molar-refractivity contribution is -0.164. The van der Waals surface area contributed by atoms with Crippen molar-refractivity contribution in [3.8, 4) is 17.6 Å². The molecule has 3 aromatic carbocycles. The van der Waals surface area contributed by atoms with Gasteiger partial charge in [-0.25, -0.2) is 0 Å². The largest absolute Gasteiger partial charge is 0.494 e. The number of amides is 5. The van der Waals surface area contributed by atoms with E-state index in [1.54, 1.807) is 36.4 Å². The van der Waals surface area contributed by atoms with Gasteiger partial charge in [-0.05, 0) is 80.4 Å². The number of ether oxygens (including phenoxy) is 2. The zero-order valence-corrected chi connectivity index (χ0v) is 33.4. The monoisotopic (exact) mass is 794 g/mol. The molecule has 3 fully saturated rings. The Morgan fingerprint density at radius 1 is 0.895 bits per heavy atom. The molecule has 2 saturated heterocycles. The van der Waals surface area contributed by atoms with E-state index in [0.717, 1.165) is 56.2 Å². The third kappa shape index (κ3) is 7.81. The van der Waals surface area contributed by atoms with Gasteiger partial charge < -0.3 is 19.7 Å². The zero-order valence-electron chi connectivity index (χ0n) is 32.6. The van der Waals surface area contributed by atoms with Crippen molar-refractivity contribution in [1.82, 2.24) is 20.4 Å². The highest BCUT2D eigenvalue weighted by Crippen LogP contribution is 2.55. The highest BCUT2D eigenvalue weighted by Gasteiger charge is 2.64. The summed E-state index contributed by atoms with van der Waals surface area (Å²) in [6.45, 7) is 13.3. The molecule has 2 N–H and O–H groups in total. The van der Waals surface area contributed by atoms with Gasteiger partial charge in [0.15, 0.2) is 0 Å². The molecule has 7 rings (SSSR count). The SMILES string of the molecule is CC1(C)C(NC(=O)c2ccc(N3CCN(CCCCOc4ccc5c(c4)C(=O)N(C4CCC(=O)NC4=O)C5=O)CC3)cc2)C(C)(C)C1Oc1ccc(C#N)c(Cl)c1. The second-order valence-corrected chi connectivity index (χ2v) is 16.8. The van der Waals surface area contributed by atoms with E-state index in [-0.39, 0.29) is 52.9 Å². The number of nitriles is 1. The predicted octanol–water partition coefficient (Wildman–Crippen LogP) is 5.21. The number of benzene rings is 3. The highest BCUT2D eigenvalue weighted by molar-refractivity contribution is 6.31. The van der Waals surface area contributed by atoms with E-state index in [4.69, 9.17) is 21.1 Å². The van der Waals surface area contributed by atoms with Gasteiger partial charge in [0.2, 0.25) is 11.8 Å². The Hall–Kier alpha value is -5.45. The molecule has 1 unspecified atom stereocenters. The molecule has 13 nitrogen and oxygen atoms in total. The van der Waals surface area contributed by atoms with Crippen LogP contribution in [0.1, 0.15) is 90.0 Å². The predicted molar refractivity (Wildman–Crippen MR) is 212 cm³/mol. The fraction of sp³-hybridized carbons (Fsp3) is 0.442. The van der Waals surface area contributed by atoms with Crippen molar-refractivity contribution in [3.05, 3.63) is 87.9 Å². The molecule has 3 aromatic rings. The Morgan fingerprint density at radius 2 is 1.58 bits per heavy atom. The Kier molecular flexibility index (Phi) is 11.0. The topological polar surface area (TPSA) is 161 Å². The minimum absolute atomic E-state index is 0.0717. The summed E-state index contributed by atoms with van der Waals surface area (Å²) in [7, 11) is 0. The molecule has 4 aliphatic rings. The van der Waals surface area contributed by atoms with Crippen LogP contribution in [0.25, 0.3) is 0 Å². The molecule has 14 heteroatoms. The number of nitrogens with zero attached hydrogens (tertiary/aromatic N) is 4. The molecular weight excluding hydrogens is 748 g/mol. The molecule has 3 heterocycles. The first kappa shape index (κ1) is 39.8. The van der Waals surface area contributed by atoms with Crippen LogP contribution in [0.5, 0.6) is 11.5 Å². The van der Waals surface area contributed by atoms with Crippen LogP contribution in [0.4, 0.5) is 5.69 Å². The summed E-state index contributed by atoms with van der Waals surface area (Å²) in [4.78, 5) is 69.1. The summed E-state index contributed by atoms with van der Waals surface area (Å²) in [5.41, 5.74) is 1.79.